The van der Waals surface area contributed by atoms with Crippen LogP contribution in [0.25, 0.3) is 0 Å². The van der Waals surface area contributed by atoms with E-state index in [2.05, 4.69) is 0 Å². The number of β-lactam (4-membered cyclic amide) rings is 1. The van der Waals surface area contributed by atoms with E-state index in [1.54, 1.807) is 23.8 Å². The highest BCUT2D eigenvalue weighted by Gasteiger charge is 2.47. The number of hydrogen-bond donors (Lipinski definition) is 0. The van der Waals surface area contributed by atoms with Gasteiger partial charge in [0.25, 0.3) is 5.91 Å². The molecule has 2 aliphatic heterocycles. The maximum Gasteiger partial charge on any atom is 0.259 e. The van der Waals surface area contributed by atoms with Crippen molar-refractivity contribution in [3.8, 4) is 0 Å². The van der Waals surface area contributed by atoms with E-state index < -0.39 is 0 Å². The van der Waals surface area contributed by atoms with Gasteiger partial charge in [0.2, 0.25) is 0 Å². The van der Waals surface area contributed by atoms with Gasteiger partial charge in [-0.3, -0.25) is 4.79 Å². The van der Waals surface area contributed by atoms with Crippen LogP contribution in [-0.2, 0) is 9.53 Å². The smallest absolute Gasteiger partial charge is 0.259 e. The lowest BCUT2D eigenvalue weighted by atomic mass is 10.1. The van der Waals surface area contributed by atoms with Crippen molar-refractivity contribution < 1.29 is 9.53 Å². The number of hydrogen-bond acceptors (Lipinski definition) is 3. The van der Waals surface area contributed by atoms with Crippen molar-refractivity contribution in [1.29, 1.82) is 0 Å². The monoisotopic (exact) mass is 171 g/mol. The molecule has 2 rings (SSSR count). The molecule has 3 nitrogen and oxygen atoms in total. The van der Waals surface area contributed by atoms with Crippen molar-refractivity contribution in [2.75, 3.05) is 12.9 Å². The molecule has 0 saturated carbocycles. The molecule has 0 aromatic rings. The average Bonchev–Trinajstić information content (AvgIpc) is 2.05. The van der Waals surface area contributed by atoms with Gasteiger partial charge >= 0.3 is 0 Å². The number of nitrogens with zero attached hydrogens (tertiary/aromatic N) is 1. The van der Waals surface area contributed by atoms with Crippen LogP contribution >= 0.6 is 11.8 Å². The van der Waals surface area contributed by atoms with Gasteiger partial charge < -0.3 is 9.64 Å². The van der Waals surface area contributed by atoms with Gasteiger partial charge in [0.15, 0.2) is 6.10 Å². The summed E-state index contributed by atoms with van der Waals surface area (Å²) in [5.74, 6) is 1.06. The second-order valence-corrected chi connectivity index (χ2v) is 3.66. The number of ether oxygens (including phenoxy) is 1. The van der Waals surface area contributed by atoms with E-state index in [9.17, 15) is 4.79 Å². The van der Waals surface area contributed by atoms with Gasteiger partial charge in [0.1, 0.15) is 5.37 Å². The Morgan fingerprint density at radius 1 is 1.82 bits per heavy atom. The Bertz CT molecular complexity index is 216. The van der Waals surface area contributed by atoms with Crippen LogP contribution in [0.4, 0.5) is 0 Å². The van der Waals surface area contributed by atoms with E-state index >= 15 is 0 Å². The zero-order valence-electron chi connectivity index (χ0n) is 6.19. The number of carbonyl (C=O) groups excluding carboxylic acids is 1. The minimum absolute atomic E-state index is 0.0842. The number of thioether (sulfide) groups is 1. The molecular weight excluding hydrogens is 162 g/mol. The lowest BCUT2D eigenvalue weighted by Gasteiger charge is -2.45. The fourth-order valence-corrected chi connectivity index (χ4v) is 2.44. The SMILES string of the molecule is COC1C(=O)N2C=CCS[C@@H]12. The predicted octanol–water partition coefficient (Wildman–Crippen LogP) is 0.430. The molecule has 0 aliphatic carbocycles. The quantitative estimate of drug-likeness (QED) is 0.536. The number of rotatable bonds is 1. The second kappa shape index (κ2) is 2.53. The summed E-state index contributed by atoms with van der Waals surface area (Å²) in [4.78, 5) is 12.9. The molecule has 2 atom stereocenters. The molecule has 1 saturated heterocycles. The molecule has 0 N–H and O–H groups in total. The summed E-state index contributed by atoms with van der Waals surface area (Å²) < 4.78 is 5.02. The molecule has 2 heterocycles. The number of carbonyl (C=O) groups is 1. The zero-order valence-corrected chi connectivity index (χ0v) is 7.00. The largest absolute Gasteiger partial charge is 0.368 e. The van der Waals surface area contributed by atoms with Crippen LogP contribution in [-0.4, -0.2) is 35.1 Å². The second-order valence-electron chi connectivity index (χ2n) is 2.51. The van der Waals surface area contributed by atoms with E-state index in [0.717, 1.165) is 5.75 Å². The summed E-state index contributed by atoms with van der Waals surface area (Å²) in [6, 6.07) is 0. The van der Waals surface area contributed by atoms with Crippen molar-refractivity contribution in [1.82, 2.24) is 4.90 Å². The van der Waals surface area contributed by atoms with Crippen LogP contribution in [0, 0.1) is 0 Å². The lowest BCUT2D eigenvalue weighted by Crippen LogP contribution is -2.62. The summed E-state index contributed by atoms with van der Waals surface area (Å²) in [7, 11) is 1.58. The lowest BCUT2D eigenvalue weighted by molar-refractivity contribution is -0.156. The first-order valence-corrected chi connectivity index (χ1v) is 4.52. The van der Waals surface area contributed by atoms with Crippen LogP contribution < -0.4 is 0 Å². The van der Waals surface area contributed by atoms with Crippen molar-refractivity contribution >= 4 is 17.7 Å². The third-order valence-corrected chi connectivity index (χ3v) is 3.11. The molecule has 2 aliphatic rings. The first-order chi connectivity index (χ1) is 5.34. The molecule has 1 fully saturated rings. The fraction of sp³-hybridized carbons (Fsp3) is 0.571. The van der Waals surface area contributed by atoms with Crippen molar-refractivity contribution in [2.24, 2.45) is 0 Å². The average molecular weight is 171 g/mol. The van der Waals surface area contributed by atoms with Crippen LogP contribution in [0.3, 0.4) is 0 Å². The number of fused-ring (bicyclic) bond motifs is 1. The standard InChI is InChI=1S/C7H9NO2S/c1-10-5-6(9)8-3-2-4-11-7(5)8/h2-3,5,7H,4H2,1H3/t5?,7-/m0/s1. The van der Waals surface area contributed by atoms with Gasteiger partial charge in [0.05, 0.1) is 0 Å². The van der Waals surface area contributed by atoms with Gasteiger partial charge in [-0.1, -0.05) is 6.08 Å². The maximum absolute atomic E-state index is 11.2. The van der Waals surface area contributed by atoms with E-state index in [1.165, 1.54) is 0 Å². The van der Waals surface area contributed by atoms with Crippen molar-refractivity contribution in [3.05, 3.63) is 12.3 Å². The molecular formula is C7H9NO2S. The van der Waals surface area contributed by atoms with E-state index in [-0.39, 0.29) is 17.4 Å². The highest BCUT2D eigenvalue weighted by atomic mass is 32.2. The highest BCUT2D eigenvalue weighted by molar-refractivity contribution is 8.00. The Hall–Kier alpha value is -0.480. The van der Waals surface area contributed by atoms with Crippen LogP contribution in [0.1, 0.15) is 0 Å². The molecule has 60 valence electrons. The Labute approximate surface area is 69.4 Å². The van der Waals surface area contributed by atoms with Crippen molar-refractivity contribution in [2.45, 2.75) is 11.5 Å². The van der Waals surface area contributed by atoms with Gasteiger partial charge in [0, 0.05) is 19.1 Å². The molecule has 0 spiro atoms. The van der Waals surface area contributed by atoms with Gasteiger partial charge in [-0.15, -0.1) is 11.8 Å². The first kappa shape index (κ1) is 7.18. The molecule has 1 amide bonds. The summed E-state index contributed by atoms with van der Waals surface area (Å²) in [5, 5.41) is 0.234. The highest BCUT2D eigenvalue weighted by Crippen LogP contribution is 2.34. The molecule has 11 heavy (non-hydrogen) atoms. The maximum atomic E-state index is 11.2. The number of amides is 1. The van der Waals surface area contributed by atoms with Gasteiger partial charge in [-0.2, -0.15) is 0 Å². The Morgan fingerprint density at radius 3 is 3.36 bits per heavy atom. The summed E-state index contributed by atoms with van der Waals surface area (Å²) >= 11 is 1.74. The molecule has 0 aromatic heterocycles. The molecule has 1 unspecified atom stereocenters. The first-order valence-electron chi connectivity index (χ1n) is 3.48. The third kappa shape index (κ3) is 0.895. The van der Waals surface area contributed by atoms with E-state index in [1.807, 2.05) is 12.3 Å². The zero-order chi connectivity index (χ0) is 7.84. The predicted molar refractivity (Wildman–Crippen MR) is 43.0 cm³/mol. The molecule has 0 bridgehead atoms. The van der Waals surface area contributed by atoms with E-state index in [4.69, 9.17) is 4.74 Å². The molecule has 0 aromatic carbocycles. The van der Waals surface area contributed by atoms with Crippen molar-refractivity contribution in [3.63, 3.8) is 0 Å². The normalized spacial score (nSPS) is 35.0. The van der Waals surface area contributed by atoms with Gasteiger partial charge in [-0.05, 0) is 0 Å². The van der Waals surface area contributed by atoms with Crippen LogP contribution in [0.5, 0.6) is 0 Å². The Balaban J connectivity index is 2.12. The van der Waals surface area contributed by atoms with Gasteiger partial charge in [-0.25, -0.2) is 0 Å². The van der Waals surface area contributed by atoms with Crippen LogP contribution in [0.15, 0.2) is 12.3 Å². The Kier molecular flexibility index (Phi) is 1.65. The molecule has 0 radical (unpaired) electrons. The minimum atomic E-state index is -0.204. The summed E-state index contributed by atoms with van der Waals surface area (Å²) in [6.07, 6.45) is 3.63. The third-order valence-electron chi connectivity index (χ3n) is 1.91. The topological polar surface area (TPSA) is 29.5 Å². The molecule has 4 heteroatoms. The summed E-state index contributed by atoms with van der Waals surface area (Å²) in [6.45, 7) is 0. The minimum Gasteiger partial charge on any atom is -0.368 e. The fourth-order valence-electron chi connectivity index (χ4n) is 1.31. The summed E-state index contributed by atoms with van der Waals surface area (Å²) in [5.41, 5.74) is 0. The van der Waals surface area contributed by atoms with Crippen LogP contribution in [0.2, 0.25) is 0 Å². The van der Waals surface area contributed by atoms with E-state index in [0.29, 0.717) is 0 Å². The Morgan fingerprint density at radius 2 is 2.64 bits per heavy atom. The number of methoxy groups -OCH3 is 1.